The fraction of sp³-hybridized carbons (Fsp3) is 0.154. The molecule has 110 valence electrons. The van der Waals surface area contributed by atoms with Gasteiger partial charge in [0.1, 0.15) is 5.82 Å². The molecule has 0 saturated heterocycles. The Morgan fingerprint density at radius 1 is 1.24 bits per heavy atom. The maximum Gasteiger partial charge on any atom is 0.416 e. The van der Waals surface area contributed by atoms with Gasteiger partial charge < -0.3 is 10.4 Å². The van der Waals surface area contributed by atoms with Crippen molar-refractivity contribution >= 4 is 17.5 Å². The number of hydrogen-bond donors (Lipinski definition) is 2. The summed E-state index contributed by atoms with van der Waals surface area (Å²) >= 11 is 0. The second-order valence-electron chi connectivity index (χ2n) is 4.24. The number of aromatic nitrogens is 2. The van der Waals surface area contributed by atoms with E-state index in [1.165, 1.54) is 19.1 Å². The van der Waals surface area contributed by atoms with E-state index in [4.69, 9.17) is 5.11 Å². The molecule has 1 aromatic carbocycles. The van der Waals surface area contributed by atoms with Gasteiger partial charge in [-0.1, -0.05) is 6.07 Å². The molecule has 5 nitrogen and oxygen atoms in total. The second-order valence-corrected chi connectivity index (χ2v) is 4.24. The van der Waals surface area contributed by atoms with E-state index in [1.807, 2.05) is 0 Å². The SMILES string of the molecule is Cc1ccc(Nc2cnc(C(=O)O)cn2)cc1C(F)(F)F. The Balaban J connectivity index is 2.26. The molecular weight excluding hydrogens is 287 g/mol. The van der Waals surface area contributed by atoms with Gasteiger partial charge in [-0.2, -0.15) is 13.2 Å². The zero-order valence-electron chi connectivity index (χ0n) is 10.8. The van der Waals surface area contributed by atoms with Crippen LogP contribution in [-0.2, 0) is 6.18 Å². The van der Waals surface area contributed by atoms with Crippen LogP contribution in [0.25, 0.3) is 0 Å². The lowest BCUT2D eigenvalue weighted by molar-refractivity contribution is -0.138. The molecule has 0 atom stereocenters. The zero-order valence-corrected chi connectivity index (χ0v) is 10.8. The minimum absolute atomic E-state index is 0.111. The summed E-state index contributed by atoms with van der Waals surface area (Å²) in [7, 11) is 0. The normalized spacial score (nSPS) is 11.2. The summed E-state index contributed by atoms with van der Waals surface area (Å²) in [5.41, 5.74) is -0.700. The summed E-state index contributed by atoms with van der Waals surface area (Å²) in [6.45, 7) is 1.37. The van der Waals surface area contributed by atoms with Crippen molar-refractivity contribution in [3.8, 4) is 0 Å². The van der Waals surface area contributed by atoms with Crippen LogP contribution in [0.2, 0.25) is 0 Å². The number of anilines is 2. The first kappa shape index (κ1) is 14.8. The largest absolute Gasteiger partial charge is 0.476 e. The van der Waals surface area contributed by atoms with Gasteiger partial charge >= 0.3 is 12.1 Å². The molecule has 0 aliphatic heterocycles. The first-order valence-corrected chi connectivity index (χ1v) is 5.77. The lowest BCUT2D eigenvalue weighted by Gasteiger charge is -2.12. The third kappa shape index (κ3) is 3.47. The Kier molecular flexibility index (Phi) is 3.79. The zero-order chi connectivity index (χ0) is 15.6. The number of aromatic carboxylic acids is 1. The van der Waals surface area contributed by atoms with E-state index in [1.54, 1.807) is 0 Å². The van der Waals surface area contributed by atoms with Crippen molar-refractivity contribution in [3.05, 3.63) is 47.4 Å². The van der Waals surface area contributed by atoms with E-state index >= 15 is 0 Å². The van der Waals surface area contributed by atoms with Crippen molar-refractivity contribution in [1.82, 2.24) is 9.97 Å². The fourth-order valence-corrected chi connectivity index (χ4v) is 1.66. The molecule has 0 amide bonds. The average molecular weight is 297 g/mol. The number of carboxylic acids is 1. The molecule has 2 N–H and O–H groups in total. The highest BCUT2D eigenvalue weighted by Crippen LogP contribution is 2.33. The van der Waals surface area contributed by atoms with E-state index in [0.29, 0.717) is 0 Å². The summed E-state index contributed by atoms with van der Waals surface area (Å²) in [4.78, 5) is 18.0. The van der Waals surface area contributed by atoms with Gasteiger partial charge in [-0.15, -0.1) is 0 Å². The predicted octanol–water partition coefficient (Wildman–Crippen LogP) is 3.25. The molecule has 8 heteroatoms. The van der Waals surface area contributed by atoms with Gasteiger partial charge in [0.2, 0.25) is 0 Å². The highest BCUT2D eigenvalue weighted by atomic mass is 19.4. The van der Waals surface area contributed by atoms with Gasteiger partial charge in [-0.3, -0.25) is 0 Å². The number of benzene rings is 1. The van der Waals surface area contributed by atoms with Crippen LogP contribution in [0.1, 0.15) is 21.6 Å². The third-order valence-corrected chi connectivity index (χ3v) is 2.69. The standard InChI is InChI=1S/C13H10F3N3O2/c1-7-2-3-8(4-9(7)13(14,15)16)19-11-6-17-10(5-18-11)12(20)21/h2-6H,1H3,(H,18,19)(H,20,21). The van der Waals surface area contributed by atoms with Crippen molar-refractivity contribution < 1.29 is 23.1 Å². The quantitative estimate of drug-likeness (QED) is 0.909. The van der Waals surface area contributed by atoms with E-state index in [9.17, 15) is 18.0 Å². The maximum atomic E-state index is 12.8. The van der Waals surface area contributed by atoms with E-state index in [-0.39, 0.29) is 22.8 Å². The third-order valence-electron chi connectivity index (χ3n) is 2.69. The van der Waals surface area contributed by atoms with Crippen molar-refractivity contribution in [3.63, 3.8) is 0 Å². The second kappa shape index (κ2) is 5.39. The summed E-state index contributed by atoms with van der Waals surface area (Å²) in [6.07, 6.45) is -2.29. The molecule has 1 heterocycles. The summed E-state index contributed by atoms with van der Waals surface area (Å²) in [5.74, 6) is -1.08. The Labute approximate surface area is 117 Å². The molecular formula is C13H10F3N3O2. The molecule has 2 aromatic rings. The highest BCUT2D eigenvalue weighted by molar-refractivity contribution is 5.85. The van der Waals surface area contributed by atoms with Gasteiger partial charge in [-0.25, -0.2) is 14.8 Å². The van der Waals surface area contributed by atoms with Crippen LogP contribution in [0.5, 0.6) is 0 Å². The Bertz CT molecular complexity index is 669. The minimum Gasteiger partial charge on any atom is -0.476 e. The number of carboxylic acid groups (broad SMARTS) is 1. The first-order chi connectivity index (χ1) is 9.77. The number of hydrogen-bond acceptors (Lipinski definition) is 4. The number of aryl methyl sites for hydroxylation is 1. The first-order valence-electron chi connectivity index (χ1n) is 5.77. The number of carbonyl (C=O) groups is 1. The number of halogens is 3. The smallest absolute Gasteiger partial charge is 0.416 e. The van der Waals surface area contributed by atoms with E-state index in [0.717, 1.165) is 18.5 Å². The van der Waals surface area contributed by atoms with Crippen LogP contribution in [0, 0.1) is 6.92 Å². The van der Waals surface area contributed by atoms with Crippen LogP contribution in [0.15, 0.2) is 30.6 Å². The molecule has 0 saturated carbocycles. The Morgan fingerprint density at radius 3 is 2.48 bits per heavy atom. The van der Waals surface area contributed by atoms with Crippen LogP contribution in [0.4, 0.5) is 24.7 Å². The van der Waals surface area contributed by atoms with E-state index < -0.39 is 17.7 Å². The lowest BCUT2D eigenvalue weighted by Crippen LogP contribution is -2.08. The highest BCUT2D eigenvalue weighted by Gasteiger charge is 2.32. The molecule has 2 rings (SSSR count). The number of alkyl halides is 3. The number of rotatable bonds is 3. The van der Waals surface area contributed by atoms with Gasteiger partial charge in [0.05, 0.1) is 18.0 Å². The minimum atomic E-state index is -4.44. The summed E-state index contributed by atoms with van der Waals surface area (Å²) < 4.78 is 38.4. The van der Waals surface area contributed by atoms with Crippen LogP contribution in [0.3, 0.4) is 0 Å². The predicted molar refractivity (Wildman–Crippen MR) is 68.5 cm³/mol. The molecule has 0 unspecified atom stereocenters. The lowest BCUT2D eigenvalue weighted by atomic mass is 10.1. The van der Waals surface area contributed by atoms with Crippen molar-refractivity contribution in [2.45, 2.75) is 13.1 Å². The maximum absolute atomic E-state index is 12.8. The van der Waals surface area contributed by atoms with Gasteiger partial charge in [-0.05, 0) is 24.6 Å². The average Bonchev–Trinajstić information content (AvgIpc) is 2.40. The van der Waals surface area contributed by atoms with Crippen LogP contribution < -0.4 is 5.32 Å². The summed E-state index contributed by atoms with van der Waals surface area (Å²) in [6, 6.07) is 3.77. The molecule has 0 bridgehead atoms. The van der Waals surface area contributed by atoms with Crippen molar-refractivity contribution in [1.29, 1.82) is 0 Å². The number of nitrogens with one attached hydrogen (secondary N) is 1. The van der Waals surface area contributed by atoms with Gasteiger partial charge in [0.25, 0.3) is 0 Å². The molecule has 0 aliphatic carbocycles. The van der Waals surface area contributed by atoms with Gasteiger partial charge in [0.15, 0.2) is 5.69 Å². The molecule has 21 heavy (non-hydrogen) atoms. The topological polar surface area (TPSA) is 75.1 Å². The number of nitrogens with zero attached hydrogens (tertiary/aromatic N) is 2. The summed E-state index contributed by atoms with van der Waals surface area (Å²) in [5, 5.41) is 11.3. The molecule has 0 aliphatic rings. The van der Waals surface area contributed by atoms with Crippen LogP contribution in [-0.4, -0.2) is 21.0 Å². The fourth-order valence-electron chi connectivity index (χ4n) is 1.66. The molecule has 0 fully saturated rings. The molecule has 0 radical (unpaired) electrons. The Morgan fingerprint density at radius 2 is 1.95 bits per heavy atom. The molecule has 0 spiro atoms. The van der Waals surface area contributed by atoms with Crippen molar-refractivity contribution in [2.75, 3.05) is 5.32 Å². The Hall–Kier alpha value is -2.64. The van der Waals surface area contributed by atoms with Gasteiger partial charge in [0, 0.05) is 5.69 Å². The monoisotopic (exact) mass is 297 g/mol. The van der Waals surface area contributed by atoms with Crippen LogP contribution >= 0.6 is 0 Å². The van der Waals surface area contributed by atoms with E-state index in [2.05, 4.69) is 15.3 Å². The molecule has 1 aromatic heterocycles. The van der Waals surface area contributed by atoms with Crippen molar-refractivity contribution in [2.24, 2.45) is 0 Å².